The van der Waals surface area contributed by atoms with Gasteiger partial charge >= 0.3 is 0 Å². The van der Waals surface area contributed by atoms with Gasteiger partial charge in [-0.15, -0.1) is 0 Å². The van der Waals surface area contributed by atoms with Crippen molar-refractivity contribution in [2.75, 3.05) is 11.9 Å². The Balaban J connectivity index is 1.31. The van der Waals surface area contributed by atoms with Crippen molar-refractivity contribution in [3.63, 3.8) is 0 Å². The van der Waals surface area contributed by atoms with Gasteiger partial charge in [0.2, 0.25) is 11.0 Å². The molecule has 1 aromatic heterocycles. The highest BCUT2D eigenvalue weighted by Crippen LogP contribution is 2.39. The fourth-order valence-corrected chi connectivity index (χ4v) is 2.46. The molecule has 18 heavy (non-hydrogen) atoms. The van der Waals surface area contributed by atoms with Crippen LogP contribution in [0.5, 0.6) is 0 Å². The Morgan fingerprint density at radius 1 is 1.33 bits per heavy atom. The van der Waals surface area contributed by atoms with Crippen molar-refractivity contribution in [2.45, 2.75) is 50.5 Å². The number of nitrogens with one attached hydrogen (secondary N) is 2. The lowest BCUT2D eigenvalue weighted by molar-refractivity contribution is -0.121. The summed E-state index contributed by atoms with van der Waals surface area (Å²) in [5, 5.41) is 7.11. The Labute approximate surface area is 111 Å². The molecule has 0 aromatic carbocycles. The SMILES string of the molecule is O=C(CCCNc1nc(C2CC2)ns1)NC1CC1. The van der Waals surface area contributed by atoms with Crippen molar-refractivity contribution in [1.29, 1.82) is 0 Å². The molecule has 2 N–H and O–H groups in total. The third-order valence-electron chi connectivity index (χ3n) is 3.18. The molecule has 0 spiro atoms. The van der Waals surface area contributed by atoms with Crippen molar-refractivity contribution in [3.8, 4) is 0 Å². The maximum Gasteiger partial charge on any atom is 0.220 e. The van der Waals surface area contributed by atoms with Gasteiger partial charge in [0.05, 0.1) is 0 Å². The molecule has 3 rings (SSSR count). The summed E-state index contributed by atoms with van der Waals surface area (Å²) in [4.78, 5) is 15.9. The quantitative estimate of drug-likeness (QED) is 0.740. The van der Waals surface area contributed by atoms with Gasteiger partial charge in [0.15, 0.2) is 0 Å². The molecule has 0 aliphatic heterocycles. The minimum absolute atomic E-state index is 0.176. The van der Waals surface area contributed by atoms with Crippen LogP contribution in [0.1, 0.15) is 50.3 Å². The monoisotopic (exact) mass is 266 g/mol. The van der Waals surface area contributed by atoms with Crippen LogP contribution in [0.2, 0.25) is 0 Å². The molecule has 0 bridgehead atoms. The average Bonchev–Trinajstić information content (AvgIpc) is 3.27. The zero-order valence-electron chi connectivity index (χ0n) is 10.3. The normalized spacial score (nSPS) is 18.7. The fraction of sp³-hybridized carbons (Fsp3) is 0.750. The van der Waals surface area contributed by atoms with E-state index in [2.05, 4.69) is 20.0 Å². The van der Waals surface area contributed by atoms with E-state index in [1.807, 2.05) is 0 Å². The Bertz CT molecular complexity index is 425. The first-order chi connectivity index (χ1) is 8.81. The molecule has 0 saturated heterocycles. The number of carbonyl (C=O) groups is 1. The lowest BCUT2D eigenvalue weighted by Gasteiger charge is -2.03. The van der Waals surface area contributed by atoms with Crippen LogP contribution in [0.3, 0.4) is 0 Å². The third-order valence-corrected chi connectivity index (χ3v) is 3.87. The van der Waals surface area contributed by atoms with E-state index in [-0.39, 0.29) is 5.91 Å². The molecule has 0 unspecified atom stereocenters. The fourth-order valence-electron chi connectivity index (χ4n) is 1.79. The highest BCUT2D eigenvalue weighted by molar-refractivity contribution is 7.09. The van der Waals surface area contributed by atoms with Crippen LogP contribution in [0.4, 0.5) is 5.13 Å². The minimum Gasteiger partial charge on any atom is -0.360 e. The zero-order chi connectivity index (χ0) is 12.4. The van der Waals surface area contributed by atoms with Crippen molar-refractivity contribution in [3.05, 3.63) is 5.82 Å². The van der Waals surface area contributed by atoms with Crippen LogP contribution in [0.25, 0.3) is 0 Å². The van der Waals surface area contributed by atoms with Crippen molar-refractivity contribution in [2.24, 2.45) is 0 Å². The minimum atomic E-state index is 0.176. The van der Waals surface area contributed by atoms with Gasteiger partial charge in [0, 0.05) is 36.5 Å². The van der Waals surface area contributed by atoms with Gasteiger partial charge in [-0.1, -0.05) is 0 Å². The number of nitrogens with zero attached hydrogens (tertiary/aromatic N) is 2. The van der Waals surface area contributed by atoms with Crippen LogP contribution >= 0.6 is 11.5 Å². The van der Waals surface area contributed by atoms with Crippen molar-refractivity contribution < 1.29 is 4.79 Å². The lowest BCUT2D eigenvalue weighted by Crippen LogP contribution is -2.25. The van der Waals surface area contributed by atoms with Gasteiger partial charge < -0.3 is 10.6 Å². The van der Waals surface area contributed by atoms with Gasteiger partial charge in [-0.25, -0.2) is 4.98 Å². The highest BCUT2D eigenvalue weighted by atomic mass is 32.1. The van der Waals surface area contributed by atoms with E-state index in [4.69, 9.17) is 0 Å². The van der Waals surface area contributed by atoms with Crippen molar-refractivity contribution in [1.82, 2.24) is 14.7 Å². The largest absolute Gasteiger partial charge is 0.360 e. The average molecular weight is 266 g/mol. The summed E-state index contributed by atoms with van der Waals surface area (Å²) in [7, 11) is 0. The second-order valence-electron chi connectivity index (χ2n) is 5.10. The number of hydrogen-bond donors (Lipinski definition) is 2. The summed E-state index contributed by atoms with van der Waals surface area (Å²) in [6.45, 7) is 0.789. The van der Waals surface area contributed by atoms with E-state index in [0.717, 1.165) is 36.8 Å². The standard InChI is InChI=1S/C12H18N4OS/c17-10(14-9-5-6-9)2-1-7-13-12-15-11(16-18-12)8-3-4-8/h8-9H,1-7H2,(H,14,17)(H,13,15,16). The Kier molecular flexibility index (Phi) is 3.45. The predicted molar refractivity (Wildman–Crippen MR) is 70.8 cm³/mol. The maximum absolute atomic E-state index is 11.4. The van der Waals surface area contributed by atoms with E-state index in [9.17, 15) is 4.79 Å². The smallest absolute Gasteiger partial charge is 0.220 e. The Morgan fingerprint density at radius 2 is 2.17 bits per heavy atom. The van der Waals surface area contributed by atoms with Gasteiger partial charge in [-0.05, 0) is 32.1 Å². The number of anilines is 1. The number of hydrogen-bond acceptors (Lipinski definition) is 5. The molecule has 5 nitrogen and oxygen atoms in total. The molecule has 2 aliphatic carbocycles. The van der Waals surface area contributed by atoms with Crippen LogP contribution in [0.15, 0.2) is 0 Å². The first-order valence-electron chi connectivity index (χ1n) is 6.68. The van der Waals surface area contributed by atoms with E-state index in [0.29, 0.717) is 18.4 Å². The van der Waals surface area contributed by atoms with Crippen LogP contribution in [0, 0.1) is 0 Å². The maximum atomic E-state index is 11.4. The molecule has 1 amide bonds. The van der Waals surface area contributed by atoms with Gasteiger partial charge in [-0.3, -0.25) is 4.79 Å². The lowest BCUT2D eigenvalue weighted by atomic mass is 10.3. The number of rotatable bonds is 7. The van der Waals surface area contributed by atoms with Crippen molar-refractivity contribution >= 4 is 22.6 Å². The molecule has 1 aromatic rings. The molecular weight excluding hydrogens is 248 g/mol. The summed E-state index contributed by atoms with van der Waals surface area (Å²) in [6.07, 6.45) is 6.21. The molecule has 98 valence electrons. The predicted octanol–water partition coefficient (Wildman–Crippen LogP) is 1.89. The molecule has 0 atom stereocenters. The van der Waals surface area contributed by atoms with Gasteiger partial charge in [0.1, 0.15) is 5.82 Å². The summed E-state index contributed by atoms with van der Waals surface area (Å²) in [6, 6.07) is 0.467. The summed E-state index contributed by atoms with van der Waals surface area (Å²) >= 11 is 1.42. The molecule has 1 heterocycles. The van der Waals surface area contributed by atoms with E-state index < -0.39 is 0 Å². The van der Waals surface area contributed by atoms with Gasteiger partial charge in [-0.2, -0.15) is 4.37 Å². The van der Waals surface area contributed by atoms with E-state index in [1.165, 1.54) is 24.4 Å². The summed E-state index contributed by atoms with van der Waals surface area (Å²) in [5.41, 5.74) is 0. The van der Waals surface area contributed by atoms with Crippen LogP contribution in [-0.2, 0) is 4.79 Å². The zero-order valence-corrected chi connectivity index (χ0v) is 11.1. The second kappa shape index (κ2) is 5.22. The molecule has 0 radical (unpaired) electrons. The second-order valence-corrected chi connectivity index (χ2v) is 5.86. The topological polar surface area (TPSA) is 66.9 Å². The van der Waals surface area contributed by atoms with Gasteiger partial charge in [0.25, 0.3) is 0 Å². The number of aromatic nitrogens is 2. The molecule has 2 aliphatic rings. The first kappa shape index (κ1) is 11.9. The highest BCUT2D eigenvalue weighted by Gasteiger charge is 2.27. The van der Waals surface area contributed by atoms with E-state index >= 15 is 0 Å². The number of amides is 1. The third kappa shape index (κ3) is 3.41. The Morgan fingerprint density at radius 3 is 2.89 bits per heavy atom. The number of carbonyl (C=O) groups excluding carboxylic acids is 1. The summed E-state index contributed by atoms with van der Waals surface area (Å²) < 4.78 is 4.33. The Hall–Kier alpha value is -1.17. The summed E-state index contributed by atoms with van der Waals surface area (Å²) in [5.74, 6) is 1.78. The van der Waals surface area contributed by atoms with Crippen LogP contribution in [-0.4, -0.2) is 27.9 Å². The van der Waals surface area contributed by atoms with Crippen LogP contribution < -0.4 is 10.6 Å². The molecule has 2 fully saturated rings. The molecule has 2 saturated carbocycles. The van der Waals surface area contributed by atoms with E-state index in [1.54, 1.807) is 0 Å². The molecular formula is C12H18N4OS. The molecule has 6 heteroatoms. The first-order valence-corrected chi connectivity index (χ1v) is 7.45.